The lowest BCUT2D eigenvalue weighted by Crippen LogP contribution is -2.54. The average molecular weight is 261 g/mol. The summed E-state index contributed by atoms with van der Waals surface area (Å²) in [6, 6.07) is 8.95. The summed E-state index contributed by atoms with van der Waals surface area (Å²) in [7, 11) is 2.14. The van der Waals surface area contributed by atoms with E-state index in [1.54, 1.807) is 0 Å². The molecule has 1 heterocycles. The van der Waals surface area contributed by atoms with E-state index >= 15 is 0 Å². The first-order valence-corrected chi connectivity index (χ1v) is 7.12. The Morgan fingerprint density at radius 1 is 1.47 bits per heavy atom. The predicted octanol–water partition coefficient (Wildman–Crippen LogP) is 0.879. The first kappa shape index (κ1) is 13.1. The van der Waals surface area contributed by atoms with Crippen molar-refractivity contribution in [3.8, 4) is 0 Å². The summed E-state index contributed by atoms with van der Waals surface area (Å²) in [5, 5.41) is 0. The Bertz CT molecular complexity index is 437. The molecule has 0 spiro atoms. The van der Waals surface area contributed by atoms with E-state index in [0.717, 1.165) is 26.1 Å². The minimum absolute atomic E-state index is 0.205. The fourth-order valence-corrected chi connectivity index (χ4v) is 3.26. The highest BCUT2D eigenvalue weighted by Gasteiger charge is 2.32. The zero-order valence-electron chi connectivity index (χ0n) is 11.5. The van der Waals surface area contributed by atoms with Crippen LogP contribution in [-0.2, 0) is 11.2 Å². The molecule has 0 bridgehead atoms. The molecule has 1 saturated heterocycles. The van der Waals surface area contributed by atoms with Crippen LogP contribution in [0.1, 0.15) is 23.5 Å². The number of nitrogens with one attached hydrogen (secondary N) is 1. The van der Waals surface area contributed by atoms with Gasteiger partial charge in [-0.3, -0.25) is 11.3 Å². The number of rotatable bonds is 4. The number of hydrazine groups is 1. The summed E-state index contributed by atoms with van der Waals surface area (Å²) in [6.07, 6.45) is 2.44. The molecule has 1 aromatic carbocycles. The van der Waals surface area contributed by atoms with Crippen LogP contribution in [-0.4, -0.2) is 43.8 Å². The van der Waals surface area contributed by atoms with Crippen LogP contribution in [0.2, 0.25) is 0 Å². The van der Waals surface area contributed by atoms with Crippen molar-refractivity contribution in [3.63, 3.8) is 0 Å². The molecule has 3 atom stereocenters. The Kier molecular flexibility index (Phi) is 3.84. The third kappa shape index (κ3) is 2.67. The highest BCUT2D eigenvalue weighted by Crippen LogP contribution is 2.38. The summed E-state index contributed by atoms with van der Waals surface area (Å²) in [5.41, 5.74) is 5.95. The topological polar surface area (TPSA) is 50.5 Å². The summed E-state index contributed by atoms with van der Waals surface area (Å²) in [4.78, 5) is 2.31. The third-order valence-corrected chi connectivity index (χ3v) is 4.46. The number of ether oxygens (including phenoxy) is 1. The Hall–Kier alpha value is -0.940. The molecule has 2 aliphatic rings. The van der Waals surface area contributed by atoms with Gasteiger partial charge in [0.1, 0.15) is 0 Å². The largest absolute Gasteiger partial charge is 0.374 e. The Balaban J connectivity index is 1.62. The van der Waals surface area contributed by atoms with E-state index in [9.17, 15) is 0 Å². The zero-order valence-corrected chi connectivity index (χ0v) is 11.5. The minimum Gasteiger partial charge on any atom is -0.374 e. The van der Waals surface area contributed by atoms with Crippen molar-refractivity contribution in [1.29, 1.82) is 0 Å². The minimum atomic E-state index is 0.205. The normalized spacial score (nSPS) is 28.5. The third-order valence-electron chi connectivity index (χ3n) is 4.46. The fraction of sp³-hybridized carbons (Fsp3) is 0.600. The lowest BCUT2D eigenvalue weighted by molar-refractivity contribution is -0.0413. The van der Waals surface area contributed by atoms with E-state index in [-0.39, 0.29) is 12.1 Å². The van der Waals surface area contributed by atoms with Crippen molar-refractivity contribution in [2.75, 3.05) is 26.7 Å². The number of hydrogen-bond acceptors (Lipinski definition) is 4. The predicted molar refractivity (Wildman–Crippen MR) is 75.9 cm³/mol. The highest BCUT2D eigenvalue weighted by atomic mass is 16.5. The van der Waals surface area contributed by atoms with Crippen molar-refractivity contribution in [2.24, 2.45) is 5.84 Å². The Morgan fingerprint density at radius 2 is 2.32 bits per heavy atom. The molecule has 0 aromatic heterocycles. The molecule has 1 aliphatic carbocycles. The van der Waals surface area contributed by atoms with Gasteiger partial charge in [-0.1, -0.05) is 24.3 Å². The molecule has 3 N–H and O–H groups in total. The standard InChI is InChI=1S/C15H23N3O/c1-18-6-7-19-15(10-18)14(17-16)9-12-8-11-4-2-3-5-13(11)12/h2-5,12,14-15,17H,6-10,16H2,1H3. The average Bonchev–Trinajstić information content (AvgIpc) is 2.40. The first-order valence-electron chi connectivity index (χ1n) is 7.12. The van der Waals surface area contributed by atoms with E-state index in [1.807, 2.05) is 0 Å². The van der Waals surface area contributed by atoms with Gasteiger partial charge < -0.3 is 9.64 Å². The number of likely N-dealkylation sites (N-methyl/N-ethyl adjacent to an activating group) is 1. The van der Waals surface area contributed by atoms with E-state index in [2.05, 4.69) is 41.6 Å². The van der Waals surface area contributed by atoms with Gasteiger partial charge in [0.2, 0.25) is 0 Å². The van der Waals surface area contributed by atoms with Crippen molar-refractivity contribution in [1.82, 2.24) is 10.3 Å². The van der Waals surface area contributed by atoms with Crippen molar-refractivity contribution < 1.29 is 4.74 Å². The van der Waals surface area contributed by atoms with E-state index in [4.69, 9.17) is 10.6 Å². The Morgan fingerprint density at radius 3 is 3.05 bits per heavy atom. The Labute approximate surface area is 114 Å². The molecule has 1 fully saturated rings. The van der Waals surface area contributed by atoms with E-state index in [0.29, 0.717) is 5.92 Å². The number of hydrogen-bond donors (Lipinski definition) is 2. The summed E-state index contributed by atoms with van der Waals surface area (Å²) in [5.74, 6) is 6.38. The van der Waals surface area contributed by atoms with Gasteiger partial charge in [-0.2, -0.15) is 0 Å². The molecule has 3 unspecified atom stereocenters. The fourth-order valence-electron chi connectivity index (χ4n) is 3.26. The van der Waals surface area contributed by atoms with Crippen LogP contribution >= 0.6 is 0 Å². The van der Waals surface area contributed by atoms with Gasteiger partial charge in [-0.05, 0) is 36.9 Å². The molecule has 4 nitrogen and oxygen atoms in total. The summed E-state index contributed by atoms with van der Waals surface area (Å²) in [6.45, 7) is 2.78. The second-order valence-electron chi connectivity index (χ2n) is 5.78. The molecule has 0 radical (unpaired) electrons. The lowest BCUT2D eigenvalue weighted by Gasteiger charge is -2.38. The molecule has 0 saturated carbocycles. The van der Waals surface area contributed by atoms with Crippen molar-refractivity contribution in [3.05, 3.63) is 35.4 Å². The van der Waals surface area contributed by atoms with Gasteiger partial charge in [0, 0.05) is 19.1 Å². The molecule has 3 rings (SSSR count). The van der Waals surface area contributed by atoms with Gasteiger partial charge in [-0.15, -0.1) is 0 Å². The van der Waals surface area contributed by atoms with Crippen LogP contribution in [0.5, 0.6) is 0 Å². The summed E-state index contributed by atoms with van der Waals surface area (Å²) >= 11 is 0. The molecular weight excluding hydrogens is 238 g/mol. The maximum Gasteiger partial charge on any atom is 0.0868 e. The van der Waals surface area contributed by atoms with E-state index in [1.165, 1.54) is 17.5 Å². The maximum atomic E-state index is 5.87. The second kappa shape index (κ2) is 5.59. The monoisotopic (exact) mass is 261 g/mol. The molecule has 1 aromatic rings. The number of benzene rings is 1. The highest BCUT2D eigenvalue weighted by molar-refractivity contribution is 5.40. The van der Waals surface area contributed by atoms with Crippen molar-refractivity contribution >= 4 is 0 Å². The molecular formula is C15H23N3O. The van der Waals surface area contributed by atoms with Crippen LogP contribution in [0.3, 0.4) is 0 Å². The van der Waals surface area contributed by atoms with Gasteiger partial charge in [-0.25, -0.2) is 0 Å². The van der Waals surface area contributed by atoms with Gasteiger partial charge in [0.05, 0.1) is 12.7 Å². The van der Waals surface area contributed by atoms with Crippen LogP contribution < -0.4 is 11.3 Å². The second-order valence-corrected chi connectivity index (χ2v) is 5.78. The lowest BCUT2D eigenvalue weighted by atomic mass is 9.74. The first-order chi connectivity index (χ1) is 9.28. The number of fused-ring (bicyclic) bond motifs is 1. The molecule has 19 heavy (non-hydrogen) atoms. The molecule has 1 aliphatic heterocycles. The molecule has 4 heteroatoms. The van der Waals surface area contributed by atoms with E-state index < -0.39 is 0 Å². The van der Waals surface area contributed by atoms with Crippen LogP contribution in [0.15, 0.2) is 24.3 Å². The SMILES string of the molecule is CN1CCOC(C(CC2Cc3ccccc32)NN)C1. The van der Waals surface area contributed by atoms with Crippen LogP contribution in [0, 0.1) is 0 Å². The quantitative estimate of drug-likeness (QED) is 0.624. The van der Waals surface area contributed by atoms with Gasteiger partial charge in [0.25, 0.3) is 0 Å². The number of nitrogens with zero attached hydrogens (tertiary/aromatic N) is 1. The maximum absolute atomic E-state index is 5.87. The number of nitrogens with two attached hydrogens (primary N) is 1. The molecule has 104 valence electrons. The number of morpholine rings is 1. The van der Waals surface area contributed by atoms with Gasteiger partial charge >= 0.3 is 0 Å². The zero-order chi connectivity index (χ0) is 13.2. The van der Waals surface area contributed by atoms with Crippen LogP contribution in [0.25, 0.3) is 0 Å². The summed E-state index contributed by atoms with van der Waals surface area (Å²) < 4.78 is 5.87. The van der Waals surface area contributed by atoms with Gasteiger partial charge in [0.15, 0.2) is 0 Å². The smallest absolute Gasteiger partial charge is 0.0868 e. The van der Waals surface area contributed by atoms with Crippen LogP contribution in [0.4, 0.5) is 0 Å². The molecule has 0 amide bonds. The van der Waals surface area contributed by atoms with Crippen molar-refractivity contribution in [2.45, 2.75) is 30.9 Å².